The number of aromatic nitrogens is 1. The molecule has 2 fully saturated rings. The second-order valence-electron chi connectivity index (χ2n) is 6.77. The van der Waals surface area contributed by atoms with Crippen molar-refractivity contribution in [3.63, 3.8) is 0 Å². The molecule has 0 bridgehead atoms. The van der Waals surface area contributed by atoms with Crippen molar-refractivity contribution in [2.45, 2.75) is 42.9 Å². The van der Waals surface area contributed by atoms with Crippen molar-refractivity contribution < 1.29 is 13.2 Å². The first kappa shape index (κ1) is 17.6. The predicted octanol–water partition coefficient (Wildman–Crippen LogP) is 3.45. The Bertz CT molecular complexity index is 913. The number of piperidine rings is 1. The Kier molecular flexibility index (Phi) is 4.81. The average molecular weight is 392 g/mol. The highest BCUT2D eigenvalue weighted by Crippen LogP contribution is 2.41. The van der Waals surface area contributed by atoms with Crippen LogP contribution in [-0.2, 0) is 10.0 Å². The lowest BCUT2D eigenvalue weighted by Crippen LogP contribution is -2.36. The summed E-state index contributed by atoms with van der Waals surface area (Å²) >= 11 is 1.38. The Morgan fingerprint density at radius 1 is 1.15 bits per heavy atom. The van der Waals surface area contributed by atoms with E-state index in [1.807, 2.05) is 5.38 Å². The van der Waals surface area contributed by atoms with Gasteiger partial charge in [0.15, 0.2) is 5.13 Å². The summed E-state index contributed by atoms with van der Waals surface area (Å²) in [5.41, 5.74) is 1.18. The molecule has 0 spiro atoms. The van der Waals surface area contributed by atoms with Gasteiger partial charge in [0.25, 0.3) is 5.91 Å². The lowest BCUT2D eigenvalue weighted by molar-refractivity contribution is 0.102. The number of carbonyl (C=O) groups excluding carboxylic acids is 1. The first-order valence-electron chi connectivity index (χ1n) is 8.91. The van der Waals surface area contributed by atoms with Crippen LogP contribution in [0.3, 0.4) is 0 Å². The van der Waals surface area contributed by atoms with Gasteiger partial charge in [-0.2, -0.15) is 4.31 Å². The summed E-state index contributed by atoms with van der Waals surface area (Å²) in [4.78, 5) is 17.2. The van der Waals surface area contributed by atoms with Gasteiger partial charge in [-0.05, 0) is 37.8 Å². The van der Waals surface area contributed by atoms with Crippen LogP contribution in [0.15, 0.2) is 34.5 Å². The van der Waals surface area contributed by atoms with Crippen molar-refractivity contribution in [1.82, 2.24) is 9.29 Å². The second-order valence-corrected chi connectivity index (χ2v) is 9.53. The zero-order valence-corrected chi connectivity index (χ0v) is 16.0. The van der Waals surface area contributed by atoms with Crippen LogP contribution in [0.4, 0.5) is 5.13 Å². The lowest BCUT2D eigenvalue weighted by atomic mass is 10.2. The van der Waals surface area contributed by atoms with Crippen LogP contribution in [0, 0.1) is 0 Å². The van der Waals surface area contributed by atoms with Gasteiger partial charge >= 0.3 is 0 Å². The minimum atomic E-state index is -3.67. The molecule has 1 aromatic carbocycles. The summed E-state index contributed by atoms with van der Waals surface area (Å²) in [6.07, 6.45) is 5.05. The third-order valence-electron chi connectivity index (χ3n) is 4.80. The summed E-state index contributed by atoms with van der Waals surface area (Å²) < 4.78 is 27.5. The molecule has 138 valence electrons. The number of carbonyl (C=O) groups is 1. The minimum Gasteiger partial charge on any atom is -0.298 e. The SMILES string of the molecule is O=C(Nc1nc(C2CC2)cs1)c1ccccc1S(=O)(=O)N1CCCCC1. The van der Waals surface area contributed by atoms with E-state index >= 15 is 0 Å². The molecule has 2 aliphatic rings. The van der Waals surface area contributed by atoms with Gasteiger partial charge in [-0.25, -0.2) is 13.4 Å². The van der Waals surface area contributed by atoms with E-state index in [2.05, 4.69) is 10.3 Å². The van der Waals surface area contributed by atoms with Gasteiger partial charge in [0.2, 0.25) is 10.0 Å². The number of nitrogens with one attached hydrogen (secondary N) is 1. The Labute approximate surface area is 157 Å². The molecule has 4 rings (SSSR count). The molecule has 1 aliphatic carbocycles. The maximum Gasteiger partial charge on any atom is 0.258 e. The summed E-state index contributed by atoms with van der Waals surface area (Å²) in [7, 11) is -3.67. The molecule has 1 aromatic heterocycles. The molecule has 1 saturated carbocycles. The van der Waals surface area contributed by atoms with Crippen LogP contribution in [0.2, 0.25) is 0 Å². The van der Waals surface area contributed by atoms with Crippen LogP contribution in [-0.4, -0.2) is 36.7 Å². The van der Waals surface area contributed by atoms with Crippen molar-refractivity contribution in [3.05, 3.63) is 40.9 Å². The Morgan fingerprint density at radius 3 is 2.62 bits per heavy atom. The Balaban J connectivity index is 1.58. The molecule has 1 aliphatic heterocycles. The first-order valence-corrected chi connectivity index (χ1v) is 11.2. The van der Waals surface area contributed by atoms with Crippen molar-refractivity contribution in [2.24, 2.45) is 0 Å². The predicted molar refractivity (Wildman–Crippen MR) is 101 cm³/mol. The quantitative estimate of drug-likeness (QED) is 0.847. The number of benzene rings is 1. The molecular weight excluding hydrogens is 370 g/mol. The van der Waals surface area contributed by atoms with Crippen LogP contribution in [0.5, 0.6) is 0 Å². The molecule has 8 heteroatoms. The fourth-order valence-corrected chi connectivity index (χ4v) is 5.69. The molecule has 1 saturated heterocycles. The molecular formula is C18H21N3O3S2. The highest BCUT2D eigenvalue weighted by Gasteiger charge is 2.30. The van der Waals surface area contributed by atoms with E-state index in [-0.39, 0.29) is 10.5 Å². The first-order chi connectivity index (χ1) is 12.6. The van der Waals surface area contributed by atoms with Gasteiger partial charge in [0.05, 0.1) is 16.2 Å². The second kappa shape index (κ2) is 7.09. The fraction of sp³-hybridized carbons (Fsp3) is 0.444. The summed E-state index contributed by atoms with van der Waals surface area (Å²) in [6, 6.07) is 6.40. The highest BCUT2D eigenvalue weighted by molar-refractivity contribution is 7.89. The van der Waals surface area contributed by atoms with E-state index in [9.17, 15) is 13.2 Å². The number of hydrogen-bond acceptors (Lipinski definition) is 5. The molecule has 0 unspecified atom stereocenters. The van der Waals surface area contributed by atoms with E-state index in [1.54, 1.807) is 18.2 Å². The number of rotatable bonds is 5. The van der Waals surface area contributed by atoms with Gasteiger partial charge in [0.1, 0.15) is 0 Å². The van der Waals surface area contributed by atoms with Crippen LogP contribution < -0.4 is 5.32 Å². The van der Waals surface area contributed by atoms with Gasteiger partial charge < -0.3 is 0 Å². The molecule has 1 amide bonds. The monoisotopic (exact) mass is 391 g/mol. The third kappa shape index (κ3) is 3.54. The van der Waals surface area contributed by atoms with Crippen LogP contribution in [0.1, 0.15) is 54.1 Å². The van der Waals surface area contributed by atoms with E-state index in [0.717, 1.165) is 37.8 Å². The number of nitrogens with zero attached hydrogens (tertiary/aromatic N) is 2. The van der Waals surface area contributed by atoms with E-state index in [1.165, 1.54) is 21.7 Å². The molecule has 1 N–H and O–H groups in total. The maximum atomic E-state index is 13.0. The van der Waals surface area contributed by atoms with E-state index < -0.39 is 15.9 Å². The number of anilines is 1. The van der Waals surface area contributed by atoms with Gasteiger partial charge in [-0.3, -0.25) is 10.1 Å². The minimum absolute atomic E-state index is 0.0679. The summed E-state index contributed by atoms with van der Waals surface area (Å²) in [5.74, 6) is 0.0848. The molecule has 0 atom stereocenters. The topological polar surface area (TPSA) is 79.4 Å². The van der Waals surface area contributed by atoms with Crippen molar-refractivity contribution in [3.8, 4) is 0 Å². The zero-order valence-electron chi connectivity index (χ0n) is 14.3. The van der Waals surface area contributed by atoms with Gasteiger partial charge in [0, 0.05) is 24.4 Å². The van der Waals surface area contributed by atoms with Gasteiger partial charge in [-0.15, -0.1) is 11.3 Å². The summed E-state index contributed by atoms with van der Waals surface area (Å²) in [5, 5.41) is 5.24. The molecule has 0 radical (unpaired) electrons. The van der Waals surface area contributed by atoms with E-state index in [0.29, 0.717) is 24.1 Å². The summed E-state index contributed by atoms with van der Waals surface area (Å²) in [6.45, 7) is 1.02. The van der Waals surface area contributed by atoms with Crippen LogP contribution in [0.25, 0.3) is 0 Å². The van der Waals surface area contributed by atoms with Crippen LogP contribution >= 0.6 is 11.3 Å². The van der Waals surface area contributed by atoms with Gasteiger partial charge in [-0.1, -0.05) is 18.6 Å². The molecule has 6 nitrogen and oxygen atoms in total. The Morgan fingerprint density at radius 2 is 1.88 bits per heavy atom. The largest absolute Gasteiger partial charge is 0.298 e. The lowest BCUT2D eigenvalue weighted by Gasteiger charge is -2.26. The molecule has 26 heavy (non-hydrogen) atoms. The fourth-order valence-electron chi connectivity index (χ4n) is 3.20. The highest BCUT2D eigenvalue weighted by atomic mass is 32.2. The van der Waals surface area contributed by atoms with Crippen molar-refractivity contribution in [1.29, 1.82) is 0 Å². The maximum absolute atomic E-state index is 13.0. The number of sulfonamides is 1. The van der Waals surface area contributed by atoms with E-state index in [4.69, 9.17) is 0 Å². The standard InChI is InChI=1S/C18H21N3O3S2/c22-17(20-18-19-15(12-25-18)13-8-9-13)14-6-2-3-7-16(14)26(23,24)21-10-4-1-5-11-21/h2-3,6-7,12-13H,1,4-5,8-11H2,(H,19,20,22). The smallest absolute Gasteiger partial charge is 0.258 e. The molecule has 2 aromatic rings. The normalized spacial score (nSPS) is 18.6. The number of amides is 1. The molecule has 2 heterocycles. The van der Waals surface area contributed by atoms with Crippen molar-refractivity contribution in [2.75, 3.05) is 18.4 Å². The number of hydrogen-bond donors (Lipinski definition) is 1. The number of thiazole rings is 1. The van der Waals surface area contributed by atoms with Crippen molar-refractivity contribution >= 4 is 32.4 Å². The zero-order chi connectivity index (χ0) is 18.1. The average Bonchev–Trinajstić information content (AvgIpc) is 3.42. The third-order valence-corrected chi connectivity index (χ3v) is 7.54. The Hall–Kier alpha value is -1.77.